The zero-order chi connectivity index (χ0) is 16.3. The second-order valence-corrected chi connectivity index (χ2v) is 5.54. The van der Waals surface area contributed by atoms with Gasteiger partial charge in [0.15, 0.2) is 0 Å². The van der Waals surface area contributed by atoms with E-state index in [0.29, 0.717) is 23.6 Å². The van der Waals surface area contributed by atoms with Gasteiger partial charge in [-0.1, -0.05) is 6.07 Å². The fraction of sp³-hybridized carbons (Fsp3) is 0.333. The number of rotatable bonds is 4. The van der Waals surface area contributed by atoms with E-state index in [-0.39, 0.29) is 6.03 Å². The van der Waals surface area contributed by atoms with Crippen molar-refractivity contribution in [1.82, 2.24) is 10.6 Å². The SMILES string of the molecule is CCOc1ccc(C2NC(=O)NC(C)=C2C(=O)OC)cc1Br. The summed E-state index contributed by atoms with van der Waals surface area (Å²) in [5.41, 5.74) is 1.61. The fourth-order valence-electron chi connectivity index (χ4n) is 2.29. The van der Waals surface area contributed by atoms with Crippen LogP contribution in [0.1, 0.15) is 25.5 Å². The van der Waals surface area contributed by atoms with E-state index in [1.165, 1.54) is 7.11 Å². The number of hydrogen-bond donors (Lipinski definition) is 2. The highest BCUT2D eigenvalue weighted by molar-refractivity contribution is 9.10. The number of nitrogens with one attached hydrogen (secondary N) is 2. The lowest BCUT2D eigenvalue weighted by atomic mass is 9.95. The molecule has 1 heterocycles. The first-order valence-corrected chi connectivity index (χ1v) is 7.56. The Balaban J connectivity index is 2.44. The summed E-state index contributed by atoms with van der Waals surface area (Å²) in [4.78, 5) is 23.7. The quantitative estimate of drug-likeness (QED) is 0.800. The number of allylic oxidation sites excluding steroid dienone is 1. The molecule has 1 aromatic carbocycles. The minimum absolute atomic E-state index is 0.361. The van der Waals surface area contributed by atoms with Gasteiger partial charge >= 0.3 is 12.0 Å². The Bertz CT molecular complexity index is 642. The zero-order valence-corrected chi connectivity index (χ0v) is 14.1. The maximum Gasteiger partial charge on any atom is 0.337 e. The summed E-state index contributed by atoms with van der Waals surface area (Å²) >= 11 is 3.43. The van der Waals surface area contributed by atoms with E-state index in [1.807, 2.05) is 19.1 Å². The van der Waals surface area contributed by atoms with Crippen LogP contribution < -0.4 is 15.4 Å². The number of hydrogen-bond acceptors (Lipinski definition) is 4. The van der Waals surface area contributed by atoms with Crippen molar-refractivity contribution in [1.29, 1.82) is 0 Å². The summed E-state index contributed by atoms with van der Waals surface area (Å²) in [6.07, 6.45) is 0. The molecule has 0 fully saturated rings. The molecule has 22 heavy (non-hydrogen) atoms. The highest BCUT2D eigenvalue weighted by atomic mass is 79.9. The van der Waals surface area contributed by atoms with Crippen LogP contribution in [-0.2, 0) is 9.53 Å². The number of methoxy groups -OCH3 is 1. The van der Waals surface area contributed by atoms with Crippen molar-refractivity contribution < 1.29 is 19.1 Å². The molecular formula is C15H17BrN2O4. The largest absolute Gasteiger partial charge is 0.493 e. The smallest absolute Gasteiger partial charge is 0.337 e. The summed E-state index contributed by atoms with van der Waals surface area (Å²) in [6, 6.07) is 4.48. The second-order valence-electron chi connectivity index (χ2n) is 4.68. The lowest BCUT2D eigenvalue weighted by molar-refractivity contribution is -0.136. The number of carbonyl (C=O) groups is 2. The van der Waals surface area contributed by atoms with E-state index >= 15 is 0 Å². The topological polar surface area (TPSA) is 76.7 Å². The fourth-order valence-corrected chi connectivity index (χ4v) is 2.80. The predicted molar refractivity (Wildman–Crippen MR) is 84.4 cm³/mol. The van der Waals surface area contributed by atoms with Gasteiger partial charge in [-0.05, 0) is 47.5 Å². The lowest BCUT2D eigenvalue weighted by Crippen LogP contribution is -2.45. The summed E-state index contributed by atoms with van der Waals surface area (Å²) in [6.45, 7) is 4.12. The molecule has 2 amide bonds. The number of urea groups is 1. The molecule has 0 aromatic heterocycles. The third-order valence-electron chi connectivity index (χ3n) is 3.26. The van der Waals surface area contributed by atoms with Crippen LogP contribution >= 0.6 is 15.9 Å². The molecule has 7 heteroatoms. The zero-order valence-electron chi connectivity index (χ0n) is 12.5. The second kappa shape index (κ2) is 6.83. The van der Waals surface area contributed by atoms with Crippen LogP contribution in [-0.4, -0.2) is 25.7 Å². The van der Waals surface area contributed by atoms with Gasteiger partial charge in [0.05, 0.1) is 29.8 Å². The molecule has 1 unspecified atom stereocenters. The normalized spacial score (nSPS) is 17.6. The maximum absolute atomic E-state index is 12.0. The van der Waals surface area contributed by atoms with Gasteiger partial charge in [-0.25, -0.2) is 9.59 Å². The Morgan fingerprint density at radius 3 is 2.73 bits per heavy atom. The van der Waals surface area contributed by atoms with Crippen molar-refractivity contribution in [2.45, 2.75) is 19.9 Å². The Morgan fingerprint density at radius 2 is 2.14 bits per heavy atom. The summed E-state index contributed by atoms with van der Waals surface area (Å²) in [7, 11) is 1.31. The third kappa shape index (κ3) is 3.24. The Morgan fingerprint density at radius 1 is 1.41 bits per heavy atom. The van der Waals surface area contributed by atoms with Crippen molar-refractivity contribution in [3.63, 3.8) is 0 Å². The standard InChI is InChI=1S/C15H17BrN2O4/c1-4-22-11-6-5-9(7-10(11)16)13-12(14(19)21-3)8(2)17-15(20)18-13/h5-7,13H,4H2,1-3H3,(H2,17,18,20). The van der Waals surface area contributed by atoms with Crippen molar-refractivity contribution in [2.24, 2.45) is 0 Å². The van der Waals surface area contributed by atoms with Crippen LogP contribution in [0.4, 0.5) is 4.79 Å². The molecule has 0 aliphatic carbocycles. The van der Waals surface area contributed by atoms with Gasteiger partial charge in [0.25, 0.3) is 0 Å². The number of benzene rings is 1. The number of ether oxygens (including phenoxy) is 2. The van der Waals surface area contributed by atoms with E-state index < -0.39 is 12.0 Å². The number of carbonyl (C=O) groups excluding carboxylic acids is 2. The van der Waals surface area contributed by atoms with Gasteiger partial charge in [0.2, 0.25) is 0 Å². The Hall–Kier alpha value is -2.02. The predicted octanol–water partition coefficient (Wildman–Crippen LogP) is 2.65. The van der Waals surface area contributed by atoms with E-state index in [0.717, 1.165) is 10.0 Å². The van der Waals surface area contributed by atoms with Gasteiger partial charge in [-0.3, -0.25) is 0 Å². The van der Waals surface area contributed by atoms with Crippen molar-refractivity contribution in [3.8, 4) is 5.75 Å². The molecule has 0 saturated heterocycles. The van der Waals surface area contributed by atoms with Crippen LogP contribution in [0.3, 0.4) is 0 Å². The van der Waals surface area contributed by atoms with Gasteiger partial charge in [0.1, 0.15) is 5.75 Å². The molecule has 1 aliphatic heterocycles. The van der Waals surface area contributed by atoms with Crippen LogP contribution in [0, 0.1) is 0 Å². The molecule has 0 bridgehead atoms. The highest BCUT2D eigenvalue weighted by Crippen LogP contribution is 2.33. The van der Waals surface area contributed by atoms with Crippen molar-refractivity contribution in [2.75, 3.05) is 13.7 Å². The Kier molecular flexibility index (Phi) is 5.07. The van der Waals surface area contributed by atoms with E-state index in [4.69, 9.17) is 9.47 Å². The highest BCUT2D eigenvalue weighted by Gasteiger charge is 2.32. The average molecular weight is 369 g/mol. The van der Waals surface area contributed by atoms with Crippen LogP contribution in [0.2, 0.25) is 0 Å². The monoisotopic (exact) mass is 368 g/mol. The Labute approximate surface area is 137 Å². The summed E-state index contributed by atoms with van der Waals surface area (Å²) < 4.78 is 11.0. The van der Waals surface area contributed by atoms with Crippen LogP contribution in [0.15, 0.2) is 33.9 Å². The minimum Gasteiger partial charge on any atom is -0.493 e. The molecule has 0 saturated carbocycles. The van der Waals surface area contributed by atoms with Gasteiger partial charge in [-0.15, -0.1) is 0 Å². The molecule has 1 atom stereocenters. The average Bonchev–Trinajstić information content (AvgIpc) is 2.48. The lowest BCUT2D eigenvalue weighted by Gasteiger charge is -2.28. The first-order valence-electron chi connectivity index (χ1n) is 6.76. The van der Waals surface area contributed by atoms with E-state index in [9.17, 15) is 9.59 Å². The van der Waals surface area contributed by atoms with E-state index in [2.05, 4.69) is 26.6 Å². The number of amides is 2. The van der Waals surface area contributed by atoms with E-state index in [1.54, 1.807) is 13.0 Å². The molecule has 2 N–H and O–H groups in total. The number of halogens is 1. The molecule has 1 aliphatic rings. The first-order chi connectivity index (χ1) is 10.5. The third-order valence-corrected chi connectivity index (χ3v) is 3.88. The maximum atomic E-state index is 12.0. The molecule has 6 nitrogen and oxygen atoms in total. The molecular weight excluding hydrogens is 352 g/mol. The van der Waals surface area contributed by atoms with Crippen molar-refractivity contribution >= 4 is 27.9 Å². The number of esters is 1. The summed E-state index contributed by atoms with van der Waals surface area (Å²) in [5.74, 6) is 0.215. The van der Waals surface area contributed by atoms with Crippen LogP contribution in [0.5, 0.6) is 5.75 Å². The molecule has 2 rings (SSSR count). The van der Waals surface area contributed by atoms with Gasteiger partial charge in [-0.2, -0.15) is 0 Å². The van der Waals surface area contributed by atoms with Gasteiger partial charge < -0.3 is 20.1 Å². The van der Waals surface area contributed by atoms with Crippen LogP contribution in [0.25, 0.3) is 0 Å². The molecule has 0 spiro atoms. The van der Waals surface area contributed by atoms with Gasteiger partial charge in [0, 0.05) is 5.70 Å². The first kappa shape index (κ1) is 16.4. The summed E-state index contributed by atoms with van der Waals surface area (Å²) in [5, 5.41) is 5.32. The molecule has 0 radical (unpaired) electrons. The molecule has 118 valence electrons. The van der Waals surface area contributed by atoms with Crippen molar-refractivity contribution in [3.05, 3.63) is 39.5 Å². The molecule has 1 aromatic rings. The minimum atomic E-state index is -0.576.